The van der Waals surface area contributed by atoms with E-state index in [1.165, 1.54) is 16.7 Å². The minimum absolute atomic E-state index is 0.00252. The molecule has 0 atom stereocenters. The second-order valence-corrected chi connectivity index (χ2v) is 9.52. The standard InChI is InChI=1S/C19H31O3P/c1-14-12-15(18(2,3)4)17(16(13-14)19(5,6)7)22-23-20-10-8-9-11-21-23/h12-13H,8-11H2,1-7H3. The van der Waals surface area contributed by atoms with E-state index in [2.05, 4.69) is 60.6 Å². The summed E-state index contributed by atoms with van der Waals surface area (Å²) in [6.45, 7) is 16.9. The highest BCUT2D eigenvalue weighted by molar-refractivity contribution is 7.42. The molecule has 1 aromatic carbocycles. The molecule has 1 aromatic rings. The number of hydrogen-bond donors (Lipinski definition) is 0. The summed E-state index contributed by atoms with van der Waals surface area (Å²) < 4.78 is 17.9. The van der Waals surface area contributed by atoms with Crippen molar-refractivity contribution in [1.82, 2.24) is 0 Å². The molecule has 0 aromatic heterocycles. The van der Waals surface area contributed by atoms with Crippen LogP contribution in [0.25, 0.3) is 0 Å². The topological polar surface area (TPSA) is 27.7 Å². The molecule has 0 saturated carbocycles. The van der Waals surface area contributed by atoms with Gasteiger partial charge >= 0.3 is 8.60 Å². The van der Waals surface area contributed by atoms with Gasteiger partial charge in [0.05, 0.1) is 13.2 Å². The molecule has 0 aliphatic carbocycles. The Labute approximate surface area is 142 Å². The molecule has 1 heterocycles. The van der Waals surface area contributed by atoms with E-state index in [9.17, 15) is 0 Å². The van der Waals surface area contributed by atoms with Crippen molar-refractivity contribution in [3.05, 3.63) is 28.8 Å². The predicted octanol–water partition coefficient (Wildman–Crippen LogP) is 6.02. The number of benzene rings is 1. The van der Waals surface area contributed by atoms with E-state index < -0.39 is 8.60 Å². The third-order valence-electron chi connectivity index (χ3n) is 3.95. The van der Waals surface area contributed by atoms with Crippen molar-refractivity contribution in [1.29, 1.82) is 0 Å². The number of hydrogen-bond acceptors (Lipinski definition) is 3. The SMILES string of the molecule is Cc1cc(C(C)(C)C)c(OP2OCCCCO2)c(C(C)(C)C)c1. The van der Waals surface area contributed by atoms with Crippen molar-refractivity contribution < 1.29 is 13.6 Å². The van der Waals surface area contributed by atoms with Crippen LogP contribution in [0.3, 0.4) is 0 Å². The highest BCUT2D eigenvalue weighted by Crippen LogP contribution is 2.49. The van der Waals surface area contributed by atoms with Crippen LogP contribution in [0, 0.1) is 6.92 Å². The first-order chi connectivity index (χ1) is 10.6. The van der Waals surface area contributed by atoms with E-state index in [1.807, 2.05) is 0 Å². The number of rotatable bonds is 2. The van der Waals surface area contributed by atoms with E-state index in [1.54, 1.807) is 0 Å². The fourth-order valence-electron chi connectivity index (χ4n) is 2.63. The second-order valence-electron chi connectivity index (χ2n) is 8.38. The summed E-state index contributed by atoms with van der Waals surface area (Å²) in [5.41, 5.74) is 3.72. The molecule has 1 aliphatic rings. The summed E-state index contributed by atoms with van der Waals surface area (Å²) in [6.07, 6.45) is 2.07. The Kier molecular flexibility index (Phi) is 5.76. The first kappa shape index (κ1) is 18.7. The maximum absolute atomic E-state index is 6.33. The Hall–Kier alpha value is -0.630. The van der Waals surface area contributed by atoms with Crippen molar-refractivity contribution in [2.75, 3.05) is 13.2 Å². The Bertz CT molecular complexity index is 498. The smallest absolute Gasteiger partial charge is 0.397 e. The van der Waals surface area contributed by atoms with Crippen LogP contribution in [0.1, 0.15) is 71.1 Å². The summed E-state index contributed by atoms with van der Waals surface area (Å²) in [5.74, 6) is 0.948. The Balaban J connectivity index is 2.48. The van der Waals surface area contributed by atoms with Crippen LogP contribution in [0.4, 0.5) is 0 Å². The Morgan fingerprint density at radius 2 is 1.30 bits per heavy atom. The summed E-state index contributed by atoms with van der Waals surface area (Å²) in [6, 6.07) is 4.47. The zero-order valence-electron chi connectivity index (χ0n) is 15.7. The van der Waals surface area contributed by atoms with E-state index in [0.717, 1.165) is 18.6 Å². The lowest BCUT2D eigenvalue weighted by atomic mass is 9.78. The molecule has 1 aliphatic heterocycles. The first-order valence-corrected chi connectivity index (χ1v) is 9.58. The third-order valence-corrected chi connectivity index (χ3v) is 5.07. The monoisotopic (exact) mass is 338 g/mol. The van der Waals surface area contributed by atoms with Gasteiger partial charge in [-0.1, -0.05) is 59.2 Å². The molecule has 0 unspecified atom stereocenters. The van der Waals surface area contributed by atoms with E-state index >= 15 is 0 Å². The zero-order chi connectivity index (χ0) is 17.3. The molecule has 0 bridgehead atoms. The maximum Gasteiger partial charge on any atom is 0.397 e. The van der Waals surface area contributed by atoms with Gasteiger partial charge in [0.1, 0.15) is 5.75 Å². The van der Waals surface area contributed by atoms with Gasteiger partial charge < -0.3 is 13.6 Å². The molecule has 2 rings (SSSR count). The summed E-state index contributed by atoms with van der Waals surface area (Å²) >= 11 is 0. The molecule has 4 heteroatoms. The van der Waals surface area contributed by atoms with Crippen LogP contribution in [-0.2, 0) is 19.9 Å². The van der Waals surface area contributed by atoms with Crippen LogP contribution in [0.15, 0.2) is 12.1 Å². The predicted molar refractivity (Wildman–Crippen MR) is 97.3 cm³/mol. The Morgan fingerprint density at radius 3 is 1.70 bits per heavy atom. The zero-order valence-corrected chi connectivity index (χ0v) is 16.5. The van der Waals surface area contributed by atoms with Gasteiger partial charge in [-0.25, -0.2) is 0 Å². The van der Waals surface area contributed by atoms with Crippen LogP contribution < -0.4 is 4.52 Å². The van der Waals surface area contributed by atoms with E-state index in [4.69, 9.17) is 13.6 Å². The minimum atomic E-state index is -1.31. The van der Waals surface area contributed by atoms with Gasteiger partial charge in [0, 0.05) is 11.1 Å². The van der Waals surface area contributed by atoms with Crippen molar-refractivity contribution in [3.63, 3.8) is 0 Å². The molecule has 130 valence electrons. The van der Waals surface area contributed by atoms with Gasteiger partial charge in [0.15, 0.2) is 0 Å². The normalized spacial score (nSPS) is 17.9. The molecule has 1 saturated heterocycles. The van der Waals surface area contributed by atoms with Gasteiger partial charge in [-0.3, -0.25) is 0 Å². The largest absolute Gasteiger partial charge is 0.426 e. The van der Waals surface area contributed by atoms with Gasteiger partial charge in [0.2, 0.25) is 0 Å². The lowest BCUT2D eigenvalue weighted by Crippen LogP contribution is -2.19. The summed E-state index contributed by atoms with van der Waals surface area (Å²) in [4.78, 5) is 0. The van der Waals surface area contributed by atoms with Crippen LogP contribution in [0.2, 0.25) is 0 Å². The van der Waals surface area contributed by atoms with Gasteiger partial charge in [0.25, 0.3) is 0 Å². The van der Waals surface area contributed by atoms with Gasteiger partial charge in [-0.2, -0.15) is 0 Å². The number of aryl methyl sites for hydroxylation is 1. The summed E-state index contributed by atoms with van der Waals surface area (Å²) in [5, 5.41) is 0. The molecular formula is C19H31O3P. The summed E-state index contributed by atoms with van der Waals surface area (Å²) in [7, 11) is -1.31. The van der Waals surface area contributed by atoms with Crippen LogP contribution in [0.5, 0.6) is 5.75 Å². The van der Waals surface area contributed by atoms with Gasteiger partial charge in [-0.15, -0.1) is 0 Å². The minimum Gasteiger partial charge on any atom is -0.426 e. The molecule has 0 amide bonds. The van der Waals surface area contributed by atoms with E-state index in [0.29, 0.717) is 13.2 Å². The Morgan fingerprint density at radius 1 is 0.870 bits per heavy atom. The van der Waals surface area contributed by atoms with Crippen molar-refractivity contribution in [3.8, 4) is 5.75 Å². The maximum atomic E-state index is 6.33. The van der Waals surface area contributed by atoms with Crippen molar-refractivity contribution in [2.24, 2.45) is 0 Å². The van der Waals surface area contributed by atoms with Crippen molar-refractivity contribution in [2.45, 2.75) is 72.1 Å². The fraction of sp³-hybridized carbons (Fsp3) is 0.684. The van der Waals surface area contributed by atoms with E-state index in [-0.39, 0.29) is 10.8 Å². The average molecular weight is 338 g/mol. The highest BCUT2D eigenvalue weighted by Gasteiger charge is 2.30. The molecule has 0 N–H and O–H groups in total. The molecular weight excluding hydrogens is 307 g/mol. The molecule has 1 fully saturated rings. The first-order valence-electron chi connectivity index (χ1n) is 8.48. The van der Waals surface area contributed by atoms with Crippen LogP contribution >= 0.6 is 8.60 Å². The van der Waals surface area contributed by atoms with Crippen molar-refractivity contribution >= 4 is 8.60 Å². The van der Waals surface area contributed by atoms with Crippen LogP contribution in [-0.4, -0.2) is 13.2 Å². The average Bonchev–Trinajstić information content (AvgIpc) is 2.66. The lowest BCUT2D eigenvalue weighted by Gasteiger charge is -2.31. The quantitative estimate of drug-likeness (QED) is 0.617. The molecule has 0 spiro atoms. The molecule has 23 heavy (non-hydrogen) atoms. The second kappa shape index (κ2) is 7.09. The molecule has 3 nitrogen and oxygen atoms in total. The van der Waals surface area contributed by atoms with Gasteiger partial charge in [-0.05, 0) is 30.6 Å². The molecule has 0 radical (unpaired) electrons. The third kappa shape index (κ3) is 4.92. The fourth-order valence-corrected chi connectivity index (χ4v) is 3.71. The highest BCUT2D eigenvalue weighted by atomic mass is 31.2. The lowest BCUT2D eigenvalue weighted by molar-refractivity contribution is 0.237.